The second kappa shape index (κ2) is 5.49. The van der Waals surface area contributed by atoms with Gasteiger partial charge in [-0.3, -0.25) is 0 Å². The second-order valence-corrected chi connectivity index (χ2v) is 6.27. The summed E-state index contributed by atoms with van der Waals surface area (Å²) in [5.41, 5.74) is 9.08. The zero-order chi connectivity index (χ0) is 13.3. The third kappa shape index (κ3) is 2.64. The van der Waals surface area contributed by atoms with Gasteiger partial charge in [0.05, 0.1) is 21.8 Å². The van der Waals surface area contributed by atoms with E-state index in [-0.39, 0.29) is 6.04 Å². The van der Waals surface area contributed by atoms with Crippen molar-refractivity contribution in [2.24, 2.45) is 5.73 Å². The van der Waals surface area contributed by atoms with Crippen LogP contribution in [0.25, 0.3) is 0 Å². The van der Waals surface area contributed by atoms with Gasteiger partial charge in [0.2, 0.25) is 0 Å². The van der Waals surface area contributed by atoms with Gasteiger partial charge in [-0.1, -0.05) is 35.3 Å². The van der Waals surface area contributed by atoms with Gasteiger partial charge in [-0.2, -0.15) is 0 Å². The lowest BCUT2D eigenvalue weighted by atomic mass is 10.0. The van der Waals surface area contributed by atoms with Gasteiger partial charge in [0.1, 0.15) is 5.75 Å². The van der Waals surface area contributed by atoms with Crippen molar-refractivity contribution in [3.63, 3.8) is 0 Å². The molecule has 0 spiro atoms. The maximum Gasteiger partial charge on any atom is 0.122 e. The van der Waals surface area contributed by atoms with Crippen LogP contribution >= 0.6 is 34.5 Å². The number of ether oxygens (including phenoxy) is 1. The Morgan fingerprint density at radius 2 is 2.00 bits per heavy atom. The number of nitrogens with two attached hydrogens (primary N) is 1. The largest absolute Gasteiger partial charge is 0.496 e. The normalized spacial score (nSPS) is 12.5. The number of benzene rings is 1. The molecule has 0 aliphatic carbocycles. The average molecular weight is 302 g/mol. The molecule has 18 heavy (non-hydrogen) atoms. The standard InChI is InChI=1S/C13H13Cl2NOS/c1-7-3-4-8(5-10(7)17-2)12(16)9-6-11(14)18-13(9)15/h3-6,12H,16H2,1-2H3. The van der Waals surface area contributed by atoms with Crippen LogP contribution in [0, 0.1) is 6.92 Å². The van der Waals surface area contributed by atoms with Crippen LogP contribution in [0.3, 0.4) is 0 Å². The molecule has 0 radical (unpaired) electrons. The summed E-state index contributed by atoms with van der Waals surface area (Å²) in [6.45, 7) is 1.99. The molecule has 2 aromatic rings. The minimum atomic E-state index is -0.296. The lowest BCUT2D eigenvalue weighted by molar-refractivity contribution is 0.411. The number of thiophene rings is 1. The molecular formula is C13H13Cl2NOS. The summed E-state index contributed by atoms with van der Waals surface area (Å²) < 4.78 is 6.57. The topological polar surface area (TPSA) is 35.2 Å². The fourth-order valence-corrected chi connectivity index (χ4v) is 3.32. The molecule has 1 heterocycles. The molecule has 2 N–H and O–H groups in total. The number of hydrogen-bond donors (Lipinski definition) is 1. The van der Waals surface area contributed by atoms with Gasteiger partial charge in [-0.05, 0) is 30.2 Å². The highest BCUT2D eigenvalue weighted by atomic mass is 35.5. The molecule has 0 saturated carbocycles. The average Bonchev–Trinajstić information content (AvgIpc) is 2.68. The number of methoxy groups -OCH3 is 1. The highest BCUT2D eigenvalue weighted by Crippen LogP contribution is 2.37. The Balaban J connectivity index is 2.39. The Morgan fingerprint density at radius 1 is 1.28 bits per heavy atom. The minimum Gasteiger partial charge on any atom is -0.496 e. The van der Waals surface area contributed by atoms with E-state index in [0.29, 0.717) is 8.67 Å². The van der Waals surface area contributed by atoms with Crippen LogP contribution in [0.5, 0.6) is 5.75 Å². The molecule has 2 rings (SSSR count). The molecule has 5 heteroatoms. The minimum absolute atomic E-state index is 0.296. The van der Waals surface area contributed by atoms with Crippen LogP contribution in [0.1, 0.15) is 22.7 Å². The van der Waals surface area contributed by atoms with Crippen LogP contribution in [-0.2, 0) is 0 Å². The molecule has 0 fully saturated rings. The highest BCUT2D eigenvalue weighted by molar-refractivity contribution is 7.20. The maximum absolute atomic E-state index is 6.21. The van der Waals surface area contributed by atoms with Crippen molar-refractivity contribution in [1.29, 1.82) is 0 Å². The van der Waals surface area contributed by atoms with Crippen molar-refractivity contribution in [2.75, 3.05) is 7.11 Å². The van der Waals surface area contributed by atoms with Crippen molar-refractivity contribution >= 4 is 34.5 Å². The third-order valence-electron chi connectivity index (χ3n) is 2.81. The van der Waals surface area contributed by atoms with Crippen LogP contribution < -0.4 is 10.5 Å². The summed E-state index contributed by atoms with van der Waals surface area (Å²) in [7, 11) is 1.64. The summed E-state index contributed by atoms with van der Waals surface area (Å²) in [5, 5.41) is 0. The summed E-state index contributed by atoms with van der Waals surface area (Å²) >= 11 is 13.4. The van der Waals surface area contributed by atoms with Gasteiger partial charge in [0, 0.05) is 5.56 Å². The fourth-order valence-electron chi connectivity index (χ4n) is 1.77. The first-order valence-electron chi connectivity index (χ1n) is 5.37. The zero-order valence-corrected chi connectivity index (χ0v) is 12.4. The Labute approximate surface area is 120 Å². The first-order valence-corrected chi connectivity index (χ1v) is 6.95. The third-order valence-corrected chi connectivity index (χ3v) is 4.33. The van der Waals surface area contributed by atoms with Crippen LogP contribution in [0.15, 0.2) is 24.3 Å². The van der Waals surface area contributed by atoms with Crippen LogP contribution in [0.4, 0.5) is 0 Å². The molecule has 0 aliphatic rings. The van der Waals surface area contributed by atoms with E-state index in [0.717, 1.165) is 22.4 Å². The molecule has 96 valence electrons. The van der Waals surface area contributed by atoms with Gasteiger partial charge in [-0.15, -0.1) is 11.3 Å². The molecule has 1 aromatic heterocycles. The van der Waals surface area contributed by atoms with Gasteiger partial charge in [0.15, 0.2) is 0 Å². The lowest BCUT2D eigenvalue weighted by Gasteiger charge is -2.14. The predicted octanol–water partition coefficient (Wildman–Crippen LogP) is 4.42. The number of halogens is 2. The van der Waals surface area contributed by atoms with Crippen LogP contribution in [0.2, 0.25) is 8.67 Å². The summed E-state index contributed by atoms with van der Waals surface area (Å²) in [5.74, 6) is 0.820. The SMILES string of the molecule is COc1cc(C(N)c2cc(Cl)sc2Cl)ccc1C. The Kier molecular flexibility index (Phi) is 4.17. The molecule has 0 amide bonds. The fraction of sp³-hybridized carbons (Fsp3) is 0.231. The van der Waals surface area contributed by atoms with E-state index >= 15 is 0 Å². The number of hydrogen-bond acceptors (Lipinski definition) is 3. The molecule has 1 atom stereocenters. The Hall–Kier alpha value is -0.740. The van der Waals surface area contributed by atoms with E-state index in [1.165, 1.54) is 11.3 Å². The molecule has 1 unspecified atom stereocenters. The van der Waals surface area contributed by atoms with Crippen molar-refractivity contribution in [3.05, 3.63) is 49.6 Å². The Bertz CT molecular complexity index is 568. The van der Waals surface area contributed by atoms with Crippen molar-refractivity contribution in [3.8, 4) is 5.75 Å². The van der Waals surface area contributed by atoms with Crippen molar-refractivity contribution in [2.45, 2.75) is 13.0 Å². The first-order chi connectivity index (χ1) is 8.52. The van der Waals surface area contributed by atoms with E-state index in [4.69, 9.17) is 33.7 Å². The maximum atomic E-state index is 6.21. The highest BCUT2D eigenvalue weighted by Gasteiger charge is 2.16. The summed E-state index contributed by atoms with van der Waals surface area (Å²) in [4.78, 5) is 0. The molecule has 0 aliphatic heterocycles. The molecule has 1 aromatic carbocycles. The Morgan fingerprint density at radius 3 is 2.56 bits per heavy atom. The van der Waals surface area contributed by atoms with E-state index in [9.17, 15) is 0 Å². The van der Waals surface area contributed by atoms with Crippen LogP contribution in [-0.4, -0.2) is 7.11 Å². The zero-order valence-electron chi connectivity index (χ0n) is 10.0. The number of aryl methyl sites for hydroxylation is 1. The van der Waals surface area contributed by atoms with Gasteiger partial charge in [-0.25, -0.2) is 0 Å². The van der Waals surface area contributed by atoms with E-state index in [1.54, 1.807) is 7.11 Å². The second-order valence-electron chi connectivity index (χ2n) is 3.99. The molecule has 2 nitrogen and oxygen atoms in total. The monoisotopic (exact) mass is 301 g/mol. The molecule has 0 saturated heterocycles. The van der Waals surface area contributed by atoms with E-state index in [1.807, 2.05) is 31.2 Å². The molecule has 0 bridgehead atoms. The smallest absolute Gasteiger partial charge is 0.122 e. The van der Waals surface area contributed by atoms with E-state index < -0.39 is 0 Å². The van der Waals surface area contributed by atoms with Crippen molar-refractivity contribution in [1.82, 2.24) is 0 Å². The van der Waals surface area contributed by atoms with Gasteiger partial charge < -0.3 is 10.5 Å². The predicted molar refractivity (Wildman–Crippen MR) is 78.1 cm³/mol. The number of rotatable bonds is 3. The van der Waals surface area contributed by atoms with E-state index in [2.05, 4.69) is 0 Å². The first kappa shape index (κ1) is 13.7. The van der Waals surface area contributed by atoms with Gasteiger partial charge >= 0.3 is 0 Å². The quantitative estimate of drug-likeness (QED) is 0.911. The molecular weight excluding hydrogens is 289 g/mol. The van der Waals surface area contributed by atoms with Crippen molar-refractivity contribution < 1.29 is 4.74 Å². The summed E-state index contributed by atoms with van der Waals surface area (Å²) in [6, 6.07) is 7.41. The summed E-state index contributed by atoms with van der Waals surface area (Å²) in [6.07, 6.45) is 0. The van der Waals surface area contributed by atoms with Gasteiger partial charge in [0.25, 0.3) is 0 Å². The lowest BCUT2D eigenvalue weighted by Crippen LogP contribution is -2.11.